The SMILES string of the molecule is CCOC(=O)C(N)CCN(CC)C1CC1. The normalized spacial score (nSPS) is 17.9. The molecular weight excluding hydrogens is 192 g/mol. The molecule has 1 unspecified atom stereocenters. The highest BCUT2D eigenvalue weighted by atomic mass is 16.5. The fourth-order valence-electron chi connectivity index (χ4n) is 1.71. The molecule has 0 heterocycles. The van der Waals surface area contributed by atoms with Crippen molar-refractivity contribution >= 4 is 5.97 Å². The van der Waals surface area contributed by atoms with E-state index < -0.39 is 6.04 Å². The molecule has 0 spiro atoms. The number of nitrogens with zero attached hydrogens (tertiary/aromatic N) is 1. The van der Waals surface area contributed by atoms with Crippen molar-refractivity contribution in [3.8, 4) is 0 Å². The molecule has 4 heteroatoms. The third-order valence-electron chi connectivity index (χ3n) is 2.79. The lowest BCUT2D eigenvalue weighted by Crippen LogP contribution is -2.37. The van der Waals surface area contributed by atoms with Gasteiger partial charge < -0.3 is 15.4 Å². The topological polar surface area (TPSA) is 55.6 Å². The fourth-order valence-corrected chi connectivity index (χ4v) is 1.71. The Morgan fingerprint density at radius 1 is 1.53 bits per heavy atom. The third kappa shape index (κ3) is 4.18. The lowest BCUT2D eigenvalue weighted by molar-refractivity contribution is -0.144. The van der Waals surface area contributed by atoms with Gasteiger partial charge in [-0.3, -0.25) is 4.79 Å². The Kier molecular flexibility index (Phi) is 5.05. The van der Waals surface area contributed by atoms with E-state index in [-0.39, 0.29) is 5.97 Å². The minimum atomic E-state index is -0.460. The molecule has 0 aliphatic heterocycles. The van der Waals surface area contributed by atoms with E-state index in [9.17, 15) is 4.79 Å². The molecule has 0 aromatic heterocycles. The fraction of sp³-hybridized carbons (Fsp3) is 0.909. The van der Waals surface area contributed by atoms with Crippen molar-refractivity contribution in [1.82, 2.24) is 4.90 Å². The van der Waals surface area contributed by atoms with Crippen molar-refractivity contribution in [1.29, 1.82) is 0 Å². The van der Waals surface area contributed by atoms with Crippen LogP contribution in [0.4, 0.5) is 0 Å². The van der Waals surface area contributed by atoms with Crippen LogP contribution in [0, 0.1) is 0 Å². The molecule has 0 amide bonds. The maximum Gasteiger partial charge on any atom is 0.322 e. The summed E-state index contributed by atoms with van der Waals surface area (Å²) >= 11 is 0. The predicted molar refractivity (Wildman–Crippen MR) is 59.5 cm³/mol. The number of nitrogens with two attached hydrogens (primary N) is 1. The van der Waals surface area contributed by atoms with Crippen LogP contribution in [0.2, 0.25) is 0 Å². The van der Waals surface area contributed by atoms with Gasteiger partial charge in [0.2, 0.25) is 0 Å². The molecule has 1 saturated carbocycles. The van der Waals surface area contributed by atoms with E-state index >= 15 is 0 Å². The monoisotopic (exact) mass is 214 g/mol. The van der Waals surface area contributed by atoms with Crippen LogP contribution in [0.25, 0.3) is 0 Å². The molecule has 0 aromatic carbocycles. The Balaban J connectivity index is 2.19. The lowest BCUT2D eigenvalue weighted by Gasteiger charge is -2.21. The van der Waals surface area contributed by atoms with Gasteiger partial charge in [-0.2, -0.15) is 0 Å². The van der Waals surface area contributed by atoms with E-state index in [2.05, 4.69) is 11.8 Å². The van der Waals surface area contributed by atoms with Gasteiger partial charge in [-0.15, -0.1) is 0 Å². The molecule has 0 bridgehead atoms. The van der Waals surface area contributed by atoms with Gasteiger partial charge in [0, 0.05) is 12.6 Å². The first-order chi connectivity index (χ1) is 7.19. The second-order valence-corrected chi connectivity index (χ2v) is 4.01. The Morgan fingerprint density at radius 3 is 2.67 bits per heavy atom. The van der Waals surface area contributed by atoms with Crippen LogP contribution in [-0.2, 0) is 9.53 Å². The highest BCUT2D eigenvalue weighted by Crippen LogP contribution is 2.26. The minimum Gasteiger partial charge on any atom is -0.465 e. The summed E-state index contributed by atoms with van der Waals surface area (Å²) in [5, 5.41) is 0. The Labute approximate surface area is 91.8 Å². The number of hydrogen-bond acceptors (Lipinski definition) is 4. The molecule has 88 valence electrons. The van der Waals surface area contributed by atoms with E-state index in [1.54, 1.807) is 6.92 Å². The Bertz CT molecular complexity index is 205. The number of carbonyl (C=O) groups excluding carboxylic acids is 1. The molecule has 15 heavy (non-hydrogen) atoms. The molecule has 4 nitrogen and oxygen atoms in total. The van der Waals surface area contributed by atoms with E-state index in [1.165, 1.54) is 12.8 Å². The summed E-state index contributed by atoms with van der Waals surface area (Å²) in [6, 6.07) is 0.280. The zero-order valence-electron chi connectivity index (χ0n) is 9.74. The lowest BCUT2D eigenvalue weighted by atomic mass is 10.2. The number of rotatable bonds is 7. The molecule has 1 atom stereocenters. The van der Waals surface area contributed by atoms with Gasteiger partial charge in [0.05, 0.1) is 6.61 Å². The molecule has 0 saturated heterocycles. The van der Waals surface area contributed by atoms with Gasteiger partial charge in [-0.05, 0) is 32.7 Å². The first kappa shape index (κ1) is 12.5. The summed E-state index contributed by atoms with van der Waals surface area (Å²) in [4.78, 5) is 13.7. The second-order valence-electron chi connectivity index (χ2n) is 4.01. The van der Waals surface area contributed by atoms with Gasteiger partial charge in [0.15, 0.2) is 0 Å². The standard InChI is InChI=1S/C11H22N2O2/c1-3-13(9-5-6-9)8-7-10(12)11(14)15-4-2/h9-10H,3-8,12H2,1-2H3. The van der Waals surface area contributed by atoms with E-state index in [1.807, 2.05) is 0 Å². The molecule has 1 rings (SSSR count). The quantitative estimate of drug-likeness (QED) is 0.635. The van der Waals surface area contributed by atoms with Gasteiger partial charge in [-0.25, -0.2) is 0 Å². The maximum absolute atomic E-state index is 11.3. The largest absolute Gasteiger partial charge is 0.465 e. The first-order valence-electron chi connectivity index (χ1n) is 5.85. The molecular formula is C11H22N2O2. The molecule has 2 N–H and O–H groups in total. The van der Waals surface area contributed by atoms with Crippen LogP contribution in [0.1, 0.15) is 33.1 Å². The van der Waals surface area contributed by atoms with Crippen molar-refractivity contribution in [3.63, 3.8) is 0 Å². The van der Waals surface area contributed by atoms with Gasteiger partial charge >= 0.3 is 5.97 Å². The number of hydrogen-bond donors (Lipinski definition) is 1. The predicted octanol–water partition coefficient (Wildman–Crippen LogP) is 0.751. The average Bonchev–Trinajstić information content (AvgIpc) is 3.03. The van der Waals surface area contributed by atoms with Crippen molar-refractivity contribution in [3.05, 3.63) is 0 Å². The van der Waals surface area contributed by atoms with Crippen LogP contribution in [0.15, 0.2) is 0 Å². The van der Waals surface area contributed by atoms with E-state index in [0.29, 0.717) is 13.0 Å². The Morgan fingerprint density at radius 2 is 2.20 bits per heavy atom. The van der Waals surface area contributed by atoms with Gasteiger partial charge in [0.25, 0.3) is 0 Å². The number of esters is 1. The summed E-state index contributed by atoms with van der Waals surface area (Å²) in [5.74, 6) is -0.274. The van der Waals surface area contributed by atoms with Crippen molar-refractivity contribution in [2.45, 2.75) is 45.2 Å². The third-order valence-corrected chi connectivity index (χ3v) is 2.79. The second kappa shape index (κ2) is 6.08. The van der Waals surface area contributed by atoms with E-state index in [0.717, 1.165) is 19.1 Å². The minimum absolute atomic E-state index is 0.274. The zero-order valence-corrected chi connectivity index (χ0v) is 9.74. The van der Waals surface area contributed by atoms with Crippen LogP contribution in [-0.4, -0.2) is 42.6 Å². The van der Waals surface area contributed by atoms with Crippen molar-refractivity contribution in [2.75, 3.05) is 19.7 Å². The molecule has 0 radical (unpaired) electrons. The summed E-state index contributed by atoms with van der Waals surface area (Å²) in [5.41, 5.74) is 5.73. The maximum atomic E-state index is 11.3. The number of ether oxygens (including phenoxy) is 1. The molecule has 1 fully saturated rings. The van der Waals surface area contributed by atoms with E-state index in [4.69, 9.17) is 10.5 Å². The van der Waals surface area contributed by atoms with Crippen LogP contribution < -0.4 is 5.73 Å². The highest BCUT2D eigenvalue weighted by Gasteiger charge is 2.28. The highest BCUT2D eigenvalue weighted by molar-refractivity contribution is 5.75. The van der Waals surface area contributed by atoms with Gasteiger partial charge in [0.1, 0.15) is 6.04 Å². The zero-order chi connectivity index (χ0) is 11.3. The summed E-state index contributed by atoms with van der Waals surface area (Å²) in [6.45, 7) is 6.30. The van der Waals surface area contributed by atoms with Crippen LogP contribution in [0.5, 0.6) is 0 Å². The smallest absolute Gasteiger partial charge is 0.322 e. The first-order valence-corrected chi connectivity index (χ1v) is 5.85. The Hall–Kier alpha value is -0.610. The molecule has 1 aliphatic carbocycles. The van der Waals surface area contributed by atoms with Crippen LogP contribution in [0.3, 0.4) is 0 Å². The van der Waals surface area contributed by atoms with Gasteiger partial charge in [-0.1, -0.05) is 6.92 Å². The van der Waals surface area contributed by atoms with Crippen molar-refractivity contribution in [2.24, 2.45) is 5.73 Å². The van der Waals surface area contributed by atoms with Crippen molar-refractivity contribution < 1.29 is 9.53 Å². The molecule has 1 aliphatic rings. The average molecular weight is 214 g/mol. The summed E-state index contributed by atoms with van der Waals surface area (Å²) in [7, 11) is 0. The van der Waals surface area contributed by atoms with Crippen LogP contribution >= 0.6 is 0 Å². The summed E-state index contributed by atoms with van der Waals surface area (Å²) < 4.78 is 4.86. The molecule has 0 aromatic rings. The number of carbonyl (C=O) groups is 1. The summed E-state index contributed by atoms with van der Waals surface area (Å²) in [6.07, 6.45) is 3.29.